The van der Waals surface area contributed by atoms with E-state index in [0.29, 0.717) is 11.3 Å². The first-order valence-corrected chi connectivity index (χ1v) is 5.35. The molecule has 2 N–H and O–H groups in total. The summed E-state index contributed by atoms with van der Waals surface area (Å²) < 4.78 is 18.3. The van der Waals surface area contributed by atoms with Crippen molar-refractivity contribution in [2.24, 2.45) is 0 Å². The molecule has 0 aromatic heterocycles. The fraction of sp³-hybridized carbons (Fsp3) is 0.417. The van der Waals surface area contributed by atoms with Gasteiger partial charge in [0, 0.05) is 12.6 Å². The highest BCUT2D eigenvalue weighted by atomic mass is 19.1. The van der Waals surface area contributed by atoms with E-state index in [2.05, 4.69) is 5.32 Å². The average Bonchev–Trinajstić information content (AvgIpc) is 2.30. The van der Waals surface area contributed by atoms with Crippen molar-refractivity contribution in [3.8, 4) is 5.75 Å². The molecule has 4 nitrogen and oxygen atoms in total. The fourth-order valence-corrected chi connectivity index (χ4v) is 1.36. The van der Waals surface area contributed by atoms with Crippen molar-refractivity contribution in [3.05, 3.63) is 29.6 Å². The molecular weight excluding hydrogens is 225 g/mol. The van der Waals surface area contributed by atoms with Crippen molar-refractivity contribution in [3.63, 3.8) is 0 Å². The van der Waals surface area contributed by atoms with Crippen molar-refractivity contribution >= 4 is 5.91 Å². The van der Waals surface area contributed by atoms with Crippen LogP contribution in [0.2, 0.25) is 0 Å². The minimum atomic E-state index is -0.819. The molecular formula is C12H16FNO3. The van der Waals surface area contributed by atoms with Gasteiger partial charge in [0.15, 0.2) is 0 Å². The molecule has 5 heteroatoms. The van der Waals surface area contributed by atoms with Crippen LogP contribution in [-0.4, -0.2) is 24.7 Å². The average molecular weight is 241 g/mol. The second-order valence-electron chi connectivity index (χ2n) is 3.63. The first kappa shape index (κ1) is 13.4. The molecule has 1 atom stereocenters. The Kier molecular flexibility index (Phi) is 4.90. The predicted molar refractivity (Wildman–Crippen MR) is 61.2 cm³/mol. The number of hydrogen-bond acceptors (Lipinski definition) is 3. The van der Waals surface area contributed by atoms with Gasteiger partial charge in [-0.1, -0.05) is 0 Å². The van der Waals surface area contributed by atoms with Gasteiger partial charge in [-0.3, -0.25) is 4.79 Å². The minimum absolute atomic E-state index is 0.134. The topological polar surface area (TPSA) is 58.6 Å². The Morgan fingerprint density at radius 1 is 1.59 bits per heavy atom. The smallest absolute Gasteiger partial charge is 0.223 e. The summed E-state index contributed by atoms with van der Waals surface area (Å²) in [5.41, 5.74) is 0.377. The van der Waals surface area contributed by atoms with Crippen molar-refractivity contribution in [1.29, 1.82) is 0 Å². The third-order valence-electron chi connectivity index (χ3n) is 2.29. The predicted octanol–water partition coefficient (Wildman–Crippen LogP) is 1.39. The van der Waals surface area contributed by atoms with E-state index < -0.39 is 11.9 Å². The number of aliphatic hydroxyl groups excluding tert-OH is 1. The number of amides is 1. The van der Waals surface area contributed by atoms with Crippen molar-refractivity contribution in [1.82, 2.24) is 5.32 Å². The lowest BCUT2D eigenvalue weighted by Crippen LogP contribution is -2.20. The number of halogens is 1. The van der Waals surface area contributed by atoms with Crippen LogP contribution in [0.4, 0.5) is 4.39 Å². The fourth-order valence-electron chi connectivity index (χ4n) is 1.36. The van der Waals surface area contributed by atoms with E-state index >= 15 is 0 Å². The monoisotopic (exact) mass is 241 g/mol. The highest BCUT2D eigenvalue weighted by molar-refractivity contribution is 5.75. The zero-order chi connectivity index (χ0) is 12.8. The summed E-state index contributed by atoms with van der Waals surface area (Å²) in [6.45, 7) is 1.71. The largest absolute Gasteiger partial charge is 0.493 e. The number of carbonyl (C=O) groups is 1. The van der Waals surface area contributed by atoms with Gasteiger partial charge in [-0.25, -0.2) is 4.39 Å². The van der Waals surface area contributed by atoms with Crippen LogP contribution < -0.4 is 10.1 Å². The van der Waals surface area contributed by atoms with Gasteiger partial charge in [-0.15, -0.1) is 0 Å². The zero-order valence-electron chi connectivity index (χ0n) is 9.87. The Labute approximate surface area is 99.4 Å². The molecule has 0 heterocycles. The van der Waals surface area contributed by atoms with Gasteiger partial charge in [-0.2, -0.15) is 0 Å². The number of nitrogens with one attached hydrogen (secondary N) is 1. The zero-order valence-corrected chi connectivity index (χ0v) is 9.87. The Morgan fingerprint density at radius 3 is 2.88 bits per heavy atom. The van der Waals surface area contributed by atoms with E-state index in [0.717, 1.165) is 0 Å². The molecule has 0 aliphatic carbocycles. The van der Waals surface area contributed by atoms with Crippen LogP contribution in [0.1, 0.15) is 25.0 Å². The quantitative estimate of drug-likeness (QED) is 0.819. The Hall–Kier alpha value is -1.62. The van der Waals surface area contributed by atoms with Crippen LogP contribution in [0.5, 0.6) is 5.75 Å². The lowest BCUT2D eigenvalue weighted by atomic mass is 10.1. The summed E-state index contributed by atoms with van der Waals surface area (Å²) in [5.74, 6) is -0.171. The molecule has 1 amide bonds. The molecule has 0 saturated carbocycles. The molecule has 1 aromatic carbocycles. The summed E-state index contributed by atoms with van der Waals surface area (Å²) >= 11 is 0. The summed E-state index contributed by atoms with van der Waals surface area (Å²) in [7, 11) is 1.54. The van der Waals surface area contributed by atoms with Gasteiger partial charge < -0.3 is 15.2 Å². The van der Waals surface area contributed by atoms with Gasteiger partial charge in [0.2, 0.25) is 5.91 Å². The van der Waals surface area contributed by atoms with E-state index in [9.17, 15) is 14.3 Å². The van der Waals surface area contributed by atoms with Gasteiger partial charge in [-0.05, 0) is 25.1 Å². The van der Waals surface area contributed by atoms with Gasteiger partial charge in [0.1, 0.15) is 11.6 Å². The highest BCUT2D eigenvalue weighted by Crippen LogP contribution is 2.25. The van der Waals surface area contributed by atoms with Crippen molar-refractivity contribution < 1.29 is 19.0 Å². The second-order valence-corrected chi connectivity index (χ2v) is 3.63. The first-order chi connectivity index (χ1) is 8.04. The van der Waals surface area contributed by atoms with Crippen LogP contribution >= 0.6 is 0 Å². The number of rotatable bonds is 5. The van der Waals surface area contributed by atoms with Crippen molar-refractivity contribution in [2.75, 3.05) is 13.7 Å². The van der Waals surface area contributed by atoms with Crippen molar-refractivity contribution in [2.45, 2.75) is 19.4 Å². The van der Waals surface area contributed by atoms with E-state index in [4.69, 9.17) is 4.74 Å². The van der Waals surface area contributed by atoms with Gasteiger partial charge >= 0.3 is 0 Å². The van der Waals surface area contributed by atoms with Gasteiger partial charge in [0.05, 0.1) is 19.1 Å². The van der Waals surface area contributed by atoms with Crippen LogP contribution in [0, 0.1) is 5.82 Å². The normalized spacial score (nSPS) is 12.0. The first-order valence-electron chi connectivity index (χ1n) is 5.35. The molecule has 0 spiro atoms. The second kappa shape index (κ2) is 6.20. The SMILES string of the molecule is CNC(=O)CCOc1ccc(F)cc1[C@@H](C)O. The van der Waals surface area contributed by atoms with Gasteiger partial charge in [0.25, 0.3) is 0 Å². The third-order valence-corrected chi connectivity index (χ3v) is 2.29. The number of benzene rings is 1. The summed E-state index contributed by atoms with van der Waals surface area (Å²) in [6, 6.07) is 3.92. The van der Waals surface area contributed by atoms with Crippen LogP contribution in [-0.2, 0) is 4.79 Å². The maximum absolute atomic E-state index is 13.0. The molecule has 94 valence electrons. The van der Waals surface area contributed by atoms with E-state index in [-0.39, 0.29) is 18.9 Å². The number of aliphatic hydroxyl groups is 1. The van der Waals surface area contributed by atoms with E-state index in [1.165, 1.54) is 25.1 Å². The maximum Gasteiger partial charge on any atom is 0.223 e. The molecule has 0 aliphatic rings. The summed E-state index contributed by atoms with van der Waals surface area (Å²) in [5, 5.41) is 11.9. The molecule has 0 radical (unpaired) electrons. The molecule has 0 unspecified atom stereocenters. The summed E-state index contributed by atoms with van der Waals surface area (Å²) in [6.07, 6.45) is -0.603. The number of ether oxygens (including phenoxy) is 1. The highest BCUT2D eigenvalue weighted by Gasteiger charge is 2.10. The number of carbonyl (C=O) groups excluding carboxylic acids is 1. The number of hydrogen-bond donors (Lipinski definition) is 2. The molecule has 0 bridgehead atoms. The van der Waals surface area contributed by atoms with E-state index in [1.807, 2.05) is 0 Å². The lowest BCUT2D eigenvalue weighted by Gasteiger charge is -2.13. The molecule has 0 saturated heterocycles. The molecule has 1 rings (SSSR count). The van der Waals surface area contributed by atoms with E-state index in [1.54, 1.807) is 7.05 Å². The Balaban J connectivity index is 2.67. The molecule has 17 heavy (non-hydrogen) atoms. The standard InChI is InChI=1S/C12H16FNO3/c1-8(15)10-7-9(13)3-4-11(10)17-6-5-12(16)14-2/h3-4,7-8,15H,5-6H2,1-2H3,(H,14,16)/t8-/m1/s1. The maximum atomic E-state index is 13.0. The van der Waals surface area contributed by atoms with Crippen LogP contribution in [0.15, 0.2) is 18.2 Å². The summed E-state index contributed by atoms with van der Waals surface area (Å²) in [4.78, 5) is 11.0. The van der Waals surface area contributed by atoms with Crippen LogP contribution in [0.3, 0.4) is 0 Å². The molecule has 1 aromatic rings. The third kappa shape index (κ3) is 4.03. The lowest BCUT2D eigenvalue weighted by molar-refractivity contribution is -0.121. The Morgan fingerprint density at radius 2 is 2.29 bits per heavy atom. The molecule has 0 aliphatic heterocycles. The minimum Gasteiger partial charge on any atom is -0.493 e. The van der Waals surface area contributed by atoms with Crippen LogP contribution in [0.25, 0.3) is 0 Å². The Bertz CT molecular complexity index is 393. The molecule has 0 fully saturated rings.